The van der Waals surface area contributed by atoms with Gasteiger partial charge in [0, 0.05) is 26.9 Å². The summed E-state index contributed by atoms with van der Waals surface area (Å²) in [6.07, 6.45) is 0.0923. The first-order valence-corrected chi connectivity index (χ1v) is 6.92. The van der Waals surface area contributed by atoms with Gasteiger partial charge in [0.1, 0.15) is 0 Å². The van der Waals surface area contributed by atoms with Crippen molar-refractivity contribution in [1.29, 1.82) is 0 Å². The van der Waals surface area contributed by atoms with Gasteiger partial charge in [-0.15, -0.1) is 0 Å². The molecule has 0 radical (unpaired) electrons. The van der Waals surface area contributed by atoms with Crippen LogP contribution in [0.3, 0.4) is 0 Å². The molecule has 1 unspecified atom stereocenters. The molecule has 4 heteroatoms. The summed E-state index contributed by atoms with van der Waals surface area (Å²) in [6, 6.07) is 7.57. The van der Waals surface area contributed by atoms with Crippen molar-refractivity contribution in [2.75, 3.05) is 0 Å². The van der Waals surface area contributed by atoms with Gasteiger partial charge in [-0.1, -0.05) is 23.7 Å². The lowest BCUT2D eigenvalue weighted by Crippen LogP contribution is -2.00. The molecule has 1 heterocycles. The monoisotopic (exact) mass is 316 g/mol. The van der Waals surface area contributed by atoms with E-state index >= 15 is 0 Å². The Balaban J connectivity index is 2.14. The molecule has 0 aliphatic rings. The molecule has 16 heavy (non-hydrogen) atoms. The number of rotatable bonds is 3. The zero-order valence-electron chi connectivity index (χ0n) is 8.36. The van der Waals surface area contributed by atoms with Crippen LogP contribution in [0.25, 0.3) is 0 Å². The maximum absolute atomic E-state index is 10.1. The third-order valence-corrected chi connectivity index (χ3v) is 4.31. The minimum absolute atomic E-state index is 0.487. The van der Waals surface area contributed by atoms with Gasteiger partial charge >= 0.3 is 0 Å². The maximum atomic E-state index is 10.1. The first kappa shape index (κ1) is 12.1. The molecule has 0 saturated heterocycles. The van der Waals surface area contributed by atoms with E-state index in [1.54, 1.807) is 11.3 Å². The van der Waals surface area contributed by atoms with Gasteiger partial charge in [-0.3, -0.25) is 0 Å². The van der Waals surface area contributed by atoms with Crippen LogP contribution in [0.2, 0.25) is 5.02 Å². The van der Waals surface area contributed by atoms with Crippen molar-refractivity contribution in [3.8, 4) is 0 Å². The highest BCUT2D eigenvalue weighted by molar-refractivity contribution is 9.10. The molecule has 0 fully saturated rings. The van der Waals surface area contributed by atoms with Gasteiger partial charge in [-0.2, -0.15) is 11.3 Å². The molecule has 1 nitrogen and oxygen atoms in total. The Hall–Kier alpha value is -0.350. The fourth-order valence-corrected chi connectivity index (χ4v) is 3.35. The molecule has 1 N–H and O–H groups in total. The largest absolute Gasteiger partial charge is 0.388 e. The van der Waals surface area contributed by atoms with E-state index in [0.717, 1.165) is 15.6 Å². The Bertz CT molecular complexity index is 483. The molecule has 0 bridgehead atoms. The average molecular weight is 318 g/mol. The summed E-state index contributed by atoms with van der Waals surface area (Å²) in [5, 5.41) is 14.7. The average Bonchev–Trinajstić information content (AvgIpc) is 2.64. The number of hydrogen-bond acceptors (Lipinski definition) is 2. The third-order valence-electron chi connectivity index (χ3n) is 2.32. The normalized spacial score (nSPS) is 12.7. The van der Waals surface area contributed by atoms with Crippen LogP contribution < -0.4 is 0 Å². The van der Waals surface area contributed by atoms with Gasteiger partial charge in [-0.25, -0.2) is 0 Å². The summed E-state index contributed by atoms with van der Waals surface area (Å²) in [5.41, 5.74) is 1.98. The van der Waals surface area contributed by atoms with E-state index < -0.39 is 6.10 Å². The predicted octanol–water partition coefficient (Wildman–Crippen LogP) is 4.44. The van der Waals surface area contributed by atoms with Crippen LogP contribution in [0, 0.1) is 0 Å². The van der Waals surface area contributed by atoms with Gasteiger partial charge in [0.25, 0.3) is 0 Å². The van der Waals surface area contributed by atoms with Gasteiger partial charge in [0.05, 0.1) is 6.10 Å². The predicted molar refractivity (Wildman–Crippen MR) is 72.1 cm³/mol. The Morgan fingerprint density at radius 3 is 2.81 bits per heavy atom. The Morgan fingerprint density at radius 2 is 2.19 bits per heavy atom. The molecule has 0 saturated carbocycles. The van der Waals surface area contributed by atoms with Crippen molar-refractivity contribution in [3.63, 3.8) is 0 Å². The second-order valence-electron chi connectivity index (χ2n) is 3.52. The number of hydrogen-bond donors (Lipinski definition) is 1. The van der Waals surface area contributed by atoms with Crippen LogP contribution in [0.1, 0.15) is 17.2 Å². The van der Waals surface area contributed by atoms with Crippen molar-refractivity contribution >= 4 is 38.9 Å². The molecule has 1 aromatic carbocycles. The highest BCUT2D eigenvalue weighted by Crippen LogP contribution is 2.29. The van der Waals surface area contributed by atoms with Gasteiger partial charge in [0.15, 0.2) is 0 Å². The van der Waals surface area contributed by atoms with Crippen LogP contribution in [0.15, 0.2) is 39.5 Å². The molecule has 84 valence electrons. The number of halogens is 2. The number of aliphatic hydroxyl groups is 1. The lowest BCUT2D eigenvalue weighted by Gasteiger charge is -2.10. The zero-order chi connectivity index (χ0) is 11.5. The topological polar surface area (TPSA) is 20.2 Å². The van der Waals surface area contributed by atoms with E-state index in [-0.39, 0.29) is 0 Å². The smallest absolute Gasteiger partial charge is 0.0849 e. The second-order valence-corrected chi connectivity index (χ2v) is 5.56. The van der Waals surface area contributed by atoms with E-state index in [9.17, 15) is 5.11 Å². The molecule has 0 aliphatic heterocycles. The second kappa shape index (κ2) is 5.32. The van der Waals surface area contributed by atoms with E-state index in [4.69, 9.17) is 11.6 Å². The van der Waals surface area contributed by atoms with Gasteiger partial charge in [-0.05, 0) is 39.0 Å². The number of thiophene rings is 1. The van der Waals surface area contributed by atoms with E-state index in [2.05, 4.69) is 15.9 Å². The highest BCUT2D eigenvalue weighted by atomic mass is 79.9. The van der Waals surface area contributed by atoms with Crippen molar-refractivity contribution in [1.82, 2.24) is 0 Å². The van der Waals surface area contributed by atoms with Crippen LogP contribution in [0.5, 0.6) is 0 Å². The molecular weight excluding hydrogens is 308 g/mol. The quantitative estimate of drug-likeness (QED) is 0.887. The number of benzene rings is 1. The molecule has 1 aromatic heterocycles. The Kier molecular flexibility index (Phi) is 4.03. The maximum Gasteiger partial charge on any atom is 0.0849 e. The summed E-state index contributed by atoms with van der Waals surface area (Å²) in [6.45, 7) is 0. The van der Waals surface area contributed by atoms with E-state index in [0.29, 0.717) is 11.4 Å². The Labute approximate surface area is 112 Å². The summed E-state index contributed by atoms with van der Waals surface area (Å²) in [5.74, 6) is 0. The van der Waals surface area contributed by atoms with Gasteiger partial charge < -0.3 is 5.11 Å². The van der Waals surface area contributed by atoms with Crippen molar-refractivity contribution in [3.05, 3.63) is 55.6 Å². The van der Waals surface area contributed by atoms with E-state index in [1.807, 2.05) is 35.0 Å². The van der Waals surface area contributed by atoms with Crippen LogP contribution in [-0.4, -0.2) is 5.11 Å². The van der Waals surface area contributed by atoms with Crippen LogP contribution in [-0.2, 0) is 6.42 Å². The molecule has 0 aliphatic carbocycles. The van der Waals surface area contributed by atoms with Crippen molar-refractivity contribution < 1.29 is 5.11 Å². The fraction of sp³-hybridized carbons (Fsp3) is 0.167. The standard InChI is InChI=1S/C12H10BrClOS/c13-11-7-16-6-10(11)12(15)5-8-2-1-3-9(14)4-8/h1-4,6-7,12,15H,5H2. The van der Waals surface area contributed by atoms with E-state index in [1.165, 1.54) is 0 Å². The summed E-state index contributed by atoms with van der Waals surface area (Å²) < 4.78 is 0.965. The van der Waals surface area contributed by atoms with Crippen LogP contribution in [0.4, 0.5) is 0 Å². The molecule has 0 amide bonds. The first-order valence-electron chi connectivity index (χ1n) is 4.81. The Morgan fingerprint density at radius 1 is 1.38 bits per heavy atom. The minimum Gasteiger partial charge on any atom is -0.388 e. The minimum atomic E-state index is -0.487. The fourth-order valence-electron chi connectivity index (χ4n) is 1.53. The zero-order valence-corrected chi connectivity index (χ0v) is 11.5. The number of aliphatic hydroxyl groups excluding tert-OH is 1. The molecule has 2 aromatic rings. The molecule has 2 rings (SSSR count). The third kappa shape index (κ3) is 2.86. The summed E-state index contributed by atoms with van der Waals surface area (Å²) in [7, 11) is 0. The summed E-state index contributed by atoms with van der Waals surface area (Å²) in [4.78, 5) is 0. The highest BCUT2D eigenvalue weighted by Gasteiger charge is 2.12. The SMILES string of the molecule is OC(Cc1cccc(Cl)c1)c1cscc1Br. The molecule has 0 spiro atoms. The van der Waals surface area contributed by atoms with Crippen molar-refractivity contribution in [2.24, 2.45) is 0 Å². The molecule has 1 atom stereocenters. The lowest BCUT2D eigenvalue weighted by molar-refractivity contribution is 0.178. The lowest BCUT2D eigenvalue weighted by atomic mass is 10.0. The van der Waals surface area contributed by atoms with Gasteiger partial charge in [0.2, 0.25) is 0 Å². The molecular formula is C12H10BrClOS. The van der Waals surface area contributed by atoms with Crippen molar-refractivity contribution in [2.45, 2.75) is 12.5 Å². The first-order chi connectivity index (χ1) is 7.66. The van der Waals surface area contributed by atoms with Crippen LogP contribution >= 0.6 is 38.9 Å². The summed E-state index contributed by atoms with van der Waals surface area (Å²) >= 11 is 10.9.